The number of aromatic nitrogens is 2. The molecule has 0 aliphatic rings. The van der Waals surface area contributed by atoms with Gasteiger partial charge in [-0.05, 0) is 30.5 Å². The van der Waals surface area contributed by atoms with Gasteiger partial charge in [0.25, 0.3) is 0 Å². The first-order valence-electron chi connectivity index (χ1n) is 8.65. The van der Waals surface area contributed by atoms with Gasteiger partial charge in [-0.2, -0.15) is 0 Å². The van der Waals surface area contributed by atoms with E-state index in [1.54, 1.807) is 7.11 Å². The number of hydrogen-bond acceptors (Lipinski definition) is 2. The highest BCUT2D eigenvalue weighted by atomic mass is 79.9. The van der Waals surface area contributed by atoms with Crippen LogP contribution in [0.3, 0.4) is 0 Å². The molecule has 3 aromatic rings. The average molecular weight is 399 g/mol. The highest BCUT2D eigenvalue weighted by Gasteiger charge is 2.14. The smallest absolute Gasteiger partial charge is 0.122 e. The number of imidazole rings is 1. The number of para-hydroxylation sites is 1. The van der Waals surface area contributed by atoms with E-state index in [1.807, 2.05) is 24.5 Å². The zero-order valence-electron chi connectivity index (χ0n) is 14.7. The summed E-state index contributed by atoms with van der Waals surface area (Å²) >= 11 is 3.66. The molecule has 3 rings (SSSR count). The van der Waals surface area contributed by atoms with Gasteiger partial charge in [0, 0.05) is 22.3 Å². The number of halogens is 1. The molecule has 0 N–H and O–H groups in total. The Morgan fingerprint density at radius 3 is 2.56 bits per heavy atom. The van der Waals surface area contributed by atoms with Crippen LogP contribution in [0.15, 0.2) is 59.3 Å². The van der Waals surface area contributed by atoms with Crippen LogP contribution in [0.4, 0.5) is 0 Å². The third-order valence-corrected chi connectivity index (χ3v) is 5.07. The molecule has 0 amide bonds. The summed E-state index contributed by atoms with van der Waals surface area (Å²) in [6.45, 7) is 3.11. The summed E-state index contributed by atoms with van der Waals surface area (Å²) in [6.07, 6.45) is 5.00. The van der Waals surface area contributed by atoms with E-state index in [9.17, 15) is 0 Å². The van der Waals surface area contributed by atoms with Gasteiger partial charge in [-0.3, -0.25) is 0 Å². The van der Waals surface area contributed by atoms with Crippen LogP contribution < -0.4 is 4.74 Å². The van der Waals surface area contributed by atoms with Crippen molar-refractivity contribution in [2.24, 2.45) is 0 Å². The van der Waals surface area contributed by atoms with Crippen molar-refractivity contribution in [3.8, 4) is 17.0 Å². The Balaban J connectivity index is 1.88. The first-order valence-corrected chi connectivity index (χ1v) is 9.44. The second-order valence-corrected chi connectivity index (χ2v) is 6.88. The van der Waals surface area contributed by atoms with Crippen molar-refractivity contribution >= 4 is 15.9 Å². The zero-order valence-corrected chi connectivity index (χ0v) is 16.3. The monoisotopic (exact) mass is 398 g/mol. The number of nitrogens with zero attached hydrogens (tertiary/aromatic N) is 2. The van der Waals surface area contributed by atoms with Crippen molar-refractivity contribution in [2.45, 2.75) is 32.7 Å². The molecule has 0 radical (unpaired) electrons. The molecule has 0 bridgehead atoms. The van der Waals surface area contributed by atoms with Crippen molar-refractivity contribution < 1.29 is 4.74 Å². The summed E-state index contributed by atoms with van der Waals surface area (Å²) in [5.41, 5.74) is 4.75. The van der Waals surface area contributed by atoms with Gasteiger partial charge >= 0.3 is 0 Å². The lowest BCUT2D eigenvalue weighted by molar-refractivity contribution is 0.408. The molecule has 25 heavy (non-hydrogen) atoms. The summed E-state index contributed by atoms with van der Waals surface area (Å²) < 4.78 is 8.84. The van der Waals surface area contributed by atoms with E-state index in [0.29, 0.717) is 0 Å². The van der Waals surface area contributed by atoms with E-state index in [4.69, 9.17) is 9.72 Å². The van der Waals surface area contributed by atoms with E-state index in [-0.39, 0.29) is 0 Å². The average Bonchev–Trinajstić information content (AvgIpc) is 3.03. The van der Waals surface area contributed by atoms with E-state index >= 15 is 0 Å². The Bertz CT molecular complexity index is 841. The minimum atomic E-state index is 0.896. The maximum Gasteiger partial charge on any atom is 0.122 e. The molecule has 4 heteroatoms. The second kappa shape index (κ2) is 8.34. The van der Waals surface area contributed by atoms with E-state index in [0.717, 1.165) is 47.3 Å². The van der Waals surface area contributed by atoms with Crippen LogP contribution in [-0.4, -0.2) is 16.7 Å². The van der Waals surface area contributed by atoms with Crippen LogP contribution in [-0.2, 0) is 19.4 Å². The maximum atomic E-state index is 5.47. The largest absolute Gasteiger partial charge is 0.496 e. The Labute approximate surface area is 157 Å². The lowest BCUT2D eigenvalue weighted by Crippen LogP contribution is -2.06. The third-order valence-electron chi connectivity index (χ3n) is 4.38. The third kappa shape index (κ3) is 3.96. The molecule has 0 spiro atoms. The van der Waals surface area contributed by atoms with Crippen LogP contribution in [0.25, 0.3) is 11.3 Å². The molecule has 3 nitrogen and oxygen atoms in total. The topological polar surface area (TPSA) is 27.1 Å². The first-order chi connectivity index (χ1) is 12.2. The first kappa shape index (κ1) is 17.7. The molecule has 130 valence electrons. The van der Waals surface area contributed by atoms with Crippen molar-refractivity contribution in [3.05, 3.63) is 70.6 Å². The summed E-state index contributed by atoms with van der Waals surface area (Å²) in [6, 6.07) is 16.5. The fourth-order valence-corrected chi connectivity index (χ4v) is 3.60. The van der Waals surface area contributed by atoms with Gasteiger partial charge in [0.1, 0.15) is 5.75 Å². The molecule has 0 aliphatic carbocycles. The molecular weight excluding hydrogens is 376 g/mol. The number of ether oxygens (including phenoxy) is 1. The number of methoxy groups -OCH3 is 1. The standard InChI is InChI=1S/C21H23BrN2O/c1-3-8-19-21(17-10-5-6-11-18(17)22)23-15-24(19)14-13-16-9-4-7-12-20(16)25-2/h4-7,9-12,15H,3,8,13-14H2,1-2H3. The lowest BCUT2D eigenvalue weighted by Gasteiger charge is -2.12. The van der Waals surface area contributed by atoms with Crippen LogP contribution in [0.2, 0.25) is 0 Å². The highest BCUT2D eigenvalue weighted by Crippen LogP contribution is 2.30. The van der Waals surface area contributed by atoms with Gasteiger partial charge in [-0.25, -0.2) is 4.98 Å². The molecule has 0 atom stereocenters. The summed E-state index contributed by atoms with van der Waals surface area (Å²) in [7, 11) is 1.73. The Morgan fingerprint density at radius 1 is 1.04 bits per heavy atom. The fourth-order valence-electron chi connectivity index (χ4n) is 3.13. The van der Waals surface area contributed by atoms with Crippen LogP contribution in [0.5, 0.6) is 5.75 Å². The van der Waals surface area contributed by atoms with Crippen molar-refractivity contribution in [2.75, 3.05) is 7.11 Å². The van der Waals surface area contributed by atoms with Gasteiger partial charge in [0.2, 0.25) is 0 Å². The number of benzene rings is 2. The SMILES string of the molecule is CCCc1c(-c2ccccc2Br)ncn1CCc1ccccc1OC. The van der Waals surface area contributed by atoms with Gasteiger partial charge in [0.05, 0.1) is 19.1 Å². The lowest BCUT2D eigenvalue weighted by atomic mass is 10.1. The quantitative estimate of drug-likeness (QED) is 0.523. The van der Waals surface area contributed by atoms with Crippen LogP contribution in [0, 0.1) is 0 Å². The molecule has 0 fully saturated rings. The normalized spacial score (nSPS) is 10.8. The fraction of sp³-hybridized carbons (Fsp3) is 0.286. The molecule has 0 saturated heterocycles. The molecule has 0 unspecified atom stereocenters. The zero-order chi connectivity index (χ0) is 17.6. The minimum absolute atomic E-state index is 0.896. The predicted octanol–water partition coefficient (Wildman–Crippen LogP) is 5.52. The van der Waals surface area contributed by atoms with Crippen molar-refractivity contribution in [1.82, 2.24) is 9.55 Å². The van der Waals surface area contributed by atoms with E-state index in [2.05, 4.69) is 57.8 Å². The number of hydrogen-bond donors (Lipinski definition) is 0. The Morgan fingerprint density at radius 2 is 1.80 bits per heavy atom. The van der Waals surface area contributed by atoms with Gasteiger partial charge in [-0.1, -0.05) is 65.7 Å². The summed E-state index contributed by atoms with van der Waals surface area (Å²) in [4.78, 5) is 4.72. The molecule has 1 aromatic heterocycles. The highest BCUT2D eigenvalue weighted by molar-refractivity contribution is 9.10. The van der Waals surface area contributed by atoms with E-state index < -0.39 is 0 Å². The molecular formula is C21H23BrN2O. The van der Waals surface area contributed by atoms with Crippen molar-refractivity contribution in [1.29, 1.82) is 0 Å². The summed E-state index contributed by atoms with van der Waals surface area (Å²) in [5, 5.41) is 0. The predicted molar refractivity (Wildman–Crippen MR) is 106 cm³/mol. The summed E-state index contributed by atoms with van der Waals surface area (Å²) in [5.74, 6) is 0.950. The van der Waals surface area contributed by atoms with E-state index in [1.165, 1.54) is 11.3 Å². The maximum absolute atomic E-state index is 5.47. The number of rotatable bonds is 7. The van der Waals surface area contributed by atoms with Crippen molar-refractivity contribution in [3.63, 3.8) is 0 Å². The molecule has 1 heterocycles. The van der Waals surface area contributed by atoms with Crippen LogP contribution in [0.1, 0.15) is 24.6 Å². The second-order valence-electron chi connectivity index (χ2n) is 6.02. The Kier molecular flexibility index (Phi) is 5.92. The number of aryl methyl sites for hydroxylation is 2. The van der Waals surface area contributed by atoms with Gasteiger partial charge in [-0.15, -0.1) is 0 Å². The molecule has 0 aliphatic heterocycles. The minimum Gasteiger partial charge on any atom is -0.496 e. The van der Waals surface area contributed by atoms with Crippen LogP contribution >= 0.6 is 15.9 Å². The molecule has 0 saturated carbocycles. The Hall–Kier alpha value is -2.07. The van der Waals surface area contributed by atoms with Gasteiger partial charge in [0.15, 0.2) is 0 Å². The van der Waals surface area contributed by atoms with Gasteiger partial charge < -0.3 is 9.30 Å². The molecule has 2 aromatic carbocycles.